The van der Waals surface area contributed by atoms with Crippen molar-refractivity contribution in [3.05, 3.63) is 35.4 Å². The van der Waals surface area contributed by atoms with Crippen LogP contribution in [0.4, 0.5) is 0 Å². The highest BCUT2D eigenvalue weighted by molar-refractivity contribution is 6.17. The van der Waals surface area contributed by atoms with Crippen molar-refractivity contribution in [2.75, 3.05) is 6.61 Å². The SMILES string of the molecule is O=C(NCc1ccc(CCl)cc1)C1CCCCO1. The molecular formula is C14H18ClNO2. The monoisotopic (exact) mass is 267 g/mol. The van der Waals surface area contributed by atoms with Crippen LogP contribution >= 0.6 is 11.6 Å². The lowest BCUT2D eigenvalue weighted by Gasteiger charge is -2.21. The third-order valence-electron chi connectivity index (χ3n) is 3.12. The normalized spacial score (nSPS) is 19.5. The second kappa shape index (κ2) is 6.76. The quantitative estimate of drug-likeness (QED) is 0.852. The molecule has 0 spiro atoms. The smallest absolute Gasteiger partial charge is 0.249 e. The lowest BCUT2D eigenvalue weighted by molar-refractivity contribution is -0.135. The van der Waals surface area contributed by atoms with E-state index in [1.54, 1.807) is 0 Å². The molecule has 1 aliphatic rings. The summed E-state index contributed by atoms with van der Waals surface area (Å²) >= 11 is 5.72. The van der Waals surface area contributed by atoms with E-state index in [1.165, 1.54) is 0 Å². The predicted octanol–water partition coefficient (Wildman–Crippen LogP) is 2.61. The summed E-state index contributed by atoms with van der Waals surface area (Å²) in [5, 5.41) is 2.91. The second-order valence-electron chi connectivity index (χ2n) is 4.52. The number of alkyl halides is 1. The Balaban J connectivity index is 1.80. The van der Waals surface area contributed by atoms with Crippen LogP contribution in [0.2, 0.25) is 0 Å². The Hall–Kier alpha value is -1.06. The molecule has 1 N–H and O–H groups in total. The second-order valence-corrected chi connectivity index (χ2v) is 4.79. The van der Waals surface area contributed by atoms with Gasteiger partial charge in [0.1, 0.15) is 6.10 Å². The summed E-state index contributed by atoms with van der Waals surface area (Å²) in [4.78, 5) is 11.8. The van der Waals surface area contributed by atoms with E-state index in [0.29, 0.717) is 19.0 Å². The topological polar surface area (TPSA) is 38.3 Å². The van der Waals surface area contributed by atoms with Gasteiger partial charge in [-0.15, -0.1) is 11.6 Å². The summed E-state index contributed by atoms with van der Waals surface area (Å²) < 4.78 is 5.44. The molecule has 1 aliphatic heterocycles. The lowest BCUT2D eigenvalue weighted by Crippen LogP contribution is -2.37. The van der Waals surface area contributed by atoms with Crippen molar-refractivity contribution in [3.8, 4) is 0 Å². The molecule has 0 saturated carbocycles. The molecule has 1 atom stereocenters. The maximum atomic E-state index is 11.8. The predicted molar refractivity (Wildman–Crippen MR) is 71.4 cm³/mol. The van der Waals surface area contributed by atoms with Gasteiger partial charge in [-0.05, 0) is 30.4 Å². The van der Waals surface area contributed by atoms with Crippen LogP contribution in [-0.4, -0.2) is 18.6 Å². The maximum absolute atomic E-state index is 11.8. The van der Waals surface area contributed by atoms with Crippen LogP contribution in [-0.2, 0) is 22.0 Å². The van der Waals surface area contributed by atoms with Gasteiger partial charge in [-0.3, -0.25) is 4.79 Å². The van der Waals surface area contributed by atoms with Gasteiger partial charge in [-0.2, -0.15) is 0 Å². The summed E-state index contributed by atoms with van der Waals surface area (Å²) in [6, 6.07) is 7.93. The Kier molecular flexibility index (Phi) is 5.02. The number of benzene rings is 1. The number of hydrogen-bond donors (Lipinski definition) is 1. The fraction of sp³-hybridized carbons (Fsp3) is 0.500. The number of rotatable bonds is 4. The summed E-state index contributed by atoms with van der Waals surface area (Å²) in [7, 11) is 0. The van der Waals surface area contributed by atoms with Gasteiger partial charge in [0.25, 0.3) is 0 Å². The zero-order chi connectivity index (χ0) is 12.8. The van der Waals surface area contributed by atoms with Crippen molar-refractivity contribution in [1.29, 1.82) is 0 Å². The first-order chi connectivity index (χ1) is 8.79. The van der Waals surface area contributed by atoms with Gasteiger partial charge >= 0.3 is 0 Å². The van der Waals surface area contributed by atoms with Crippen LogP contribution in [0, 0.1) is 0 Å². The lowest BCUT2D eigenvalue weighted by atomic mass is 10.1. The average molecular weight is 268 g/mol. The first kappa shape index (κ1) is 13.4. The minimum Gasteiger partial charge on any atom is -0.368 e. The van der Waals surface area contributed by atoms with Crippen LogP contribution in [0.5, 0.6) is 0 Å². The van der Waals surface area contributed by atoms with Crippen LogP contribution in [0.1, 0.15) is 30.4 Å². The molecule has 1 heterocycles. The van der Waals surface area contributed by atoms with Crippen LogP contribution < -0.4 is 5.32 Å². The van der Waals surface area contributed by atoms with Gasteiger partial charge in [-0.1, -0.05) is 24.3 Å². The van der Waals surface area contributed by atoms with E-state index in [2.05, 4.69) is 5.32 Å². The van der Waals surface area contributed by atoms with Gasteiger partial charge < -0.3 is 10.1 Å². The largest absolute Gasteiger partial charge is 0.368 e. The number of halogens is 1. The summed E-state index contributed by atoms with van der Waals surface area (Å²) in [5.41, 5.74) is 2.16. The summed E-state index contributed by atoms with van der Waals surface area (Å²) in [6.07, 6.45) is 2.70. The molecule has 4 heteroatoms. The van der Waals surface area contributed by atoms with Crippen molar-refractivity contribution < 1.29 is 9.53 Å². The molecule has 2 rings (SSSR count). The van der Waals surface area contributed by atoms with Crippen LogP contribution in [0.15, 0.2) is 24.3 Å². The van der Waals surface area contributed by atoms with E-state index in [1.807, 2.05) is 24.3 Å². The Bertz CT molecular complexity index is 385. The number of amides is 1. The van der Waals surface area contributed by atoms with Gasteiger partial charge in [0.15, 0.2) is 0 Å². The van der Waals surface area contributed by atoms with Crippen molar-refractivity contribution >= 4 is 17.5 Å². The van der Waals surface area contributed by atoms with E-state index >= 15 is 0 Å². The van der Waals surface area contributed by atoms with Gasteiger partial charge in [0.2, 0.25) is 5.91 Å². The molecule has 3 nitrogen and oxygen atoms in total. The van der Waals surface area contributed by atoms with E-state index in [9.17, 15) is 4.79 Å². The van der Waals surface area contributed by atoms with Crippen LogP contribution in [0.25, 0.3) is 0 Å². The molecule has 1 aromatic carbocycles. The van der Waals surface area contributed by atoms with Crippen molar-refractivity contribution in [1.82, 2.24) is 5.32 Å². The molecule has 18 heavy (non-hydrogen) atoms. The number of ether oxygens (including phenoxy) is 1. The Labute approximate surface area is 112 Å². The fourth-order valence-electron chi connectivity index (χ4n) is 2.00. The van der Waals surface area contributed by atoms with Gasteiger partial charge in [0, 0.05) is 19.0 Å². The zero-order valence-electron chi connectivity index (χ0n) is 10.3. The third kappa shape index (κ3) is 3.72. The highest BCUT2D eigenvalue weighted by Crippen LogP contribution is 2.13. The minimum atomic E-state index is -0.263. The molecule has 0 aliphatic carbocycles. The number of carbonyl (C=O) groups is 1. The van der Waals surface area contributed by atoms with Crippen molar-refractivity contribution in [3.63, 3.8) is 0 Å². The Morgan fingerprint density at radius 1 is 1.28 bits per heavy atom. The number of hydrogen-bond acceptors (Lipinski definition) is 2. The van der Waals surface area contributed by atoms with Crippen molar-refractivity contribution in [2.45, 2.75) is 37.8 Å². The Morgan fingerprint density at radius 3 is 2.61 bits per heavy atom. The molecule has 98 valence electrons. The Morgan fingerprint density at radius 2 is 2.00 bits per heavy atom. The molecule has 1 amide bonds. The fourth-order valence-corrected chi connectivity index (χ4v) is 2.17. The van der Waals surface area contributed by atoms with Gasteiger partial charge in [-0.25, -0.2) is 0 Å². The average Bonchev–Trinajstić information content (AvgIpc) is 2.46. The van der Waals surface area contributed by atoms with Crippen LogP contribution in [0.3, 0.4) is 0 Å². The molecule has 0 radical (unpaired) electrons. The molecule has 1 fully saturated rings. The van der Waals surface area contributed by atoms with E-state index in [4.69, 9.17) is 16.3 Å². The number of nitrogens with one attached hydrogen (secondary N) is 1. The standard InChI is InChI=1S/C14H18ClNO2/c15-9-11-4-6-12(7-5-11)10-16-14(17)13-3-1-2-8-18-13/h4-7,13H,1-3,8-10H2,(H,16,17). The molecule has 1 unspecified atom stereocenters. The highest BCUT2D eigenvalue weighted by Gasteiger charge is 2.21. The minimum absolute atomic E-state index is 0.00359. The summed E-state index contributed by atoms with van der Waals surface area (Å²) in [5.74, 6) is 0.513. The molecular weight excluding hydrogens is 250 g/mol. The van der Waals surface area contributed by atoms with E-state index < -0.39 is 0 Å². The summed E-state index contributed by atoms with van der Waals surface area (Å²) in [6.45, 7) is 1.24. The number of carbonyl (C=O) groups excluding carboxylic acids is 1. The third-order valence-corrected chi connectivity index (χ3v) is 3.42. The molecule has 0 bridgehead atoms. The molecule has 1 saturated heterocycles. The maximum Gasteiger partial charge on any atom is 0.249 e. The van der Waals surface area contributed by atoms with E-state index in [-0.39, 0.29) is 12.0 Å². The molecule has 1 aromatic rings. The highest BCUT2D eigenvalue weighted by atomic mass is 35.5. The van der Waals surface area contributed by atoms with Crippen molar-refractivity contribution in [2.24, 2.45) is 0 Å². The first-order valence-electron chi connectivity index (χ1n) is 6.32. The van der Waals surface area contributed by atoms with E-state index in [0.717, 1.165) is 30.4 Å². The van der Waals surface area contributed by atoms with Gasteiger partial charge in [0.05, 0.1) is 0 Å². The first-order valence-corrected chi connectivity index (χ1v) is 6.86. The molecule has 0 aromatic heterocycles. The zero-order valence-corrected chi connectivity index (χ0v) is 11.1.